The summed E-state index contributed by atoms with van der Waals surface area (Å²) in [4.78, 5) is 12.0. The average molecular weight is 290 g/mol. The summed E-state index contributed by atoms with van der Waals surface area (Å²) in [6, 6.07) is 8.38. The predicted molar refractivity (Wildman–Crippen MR) is 83.4 cm³/mol. The van der Waals surface area contributed by atoms with Gasteiger partial charge in [0, 0.05) is 13.5 Å². The predicted octanol–water partition coefficient (Wildman–Crippen LogP) is 3.85. The first kappa shape index (κ1) is 16.0. The molecule has 0 bridgehead atoms. The molecule has 1 aromatic carbocycles. The fourth-order valence-electron chi connectivity index (χ4n) is 2.94. The molecule has 1 fully saturated rings. The van der Waals surface area contributed by atoms with Gasteiger partial charge in [-0.3, -0.25) is 4.79 Å². The molecule has 2 rings (SSSR count). The first-order chi connectivity index (χ1) is 10.3. The number of hydrogen-bond acceptors (Lipinski definition) is 3. The summed E-state index contributed by atoms with van der Waals surface area (Å²) in [5.41, 5.74) is 2.34. The van der Waals surface area contributed by atoms with Gasteiger partial charge in [-0.05, 0) is 24.0 Å². The molecule has 1 heterocycles. The lowest BCUT2D eigenvalue weighted by Gasteiger charge is -2.29. The highest BCUT2D eigenvalue weighted by atomic mass is 16.5. The summed E-state index contributed by atoms with van der Waals surface area (Å²) in [5.74, 6) is -0.443. The normalized spacial score (nSPS) is 22.1. The second-order valence-electron chi connectivity index (χ2n) is 5.76. The van der Waals surface area contributed by atoms with Crippen LogP contribution in [0.1, 0.15) is 56.1 Å². The van der Waals surface area contributed by atoms with Crippen molar-refractivity contribution in [3.63, 3.8) is 0 Å². The van der Waals surface area contributed by atoms with Crippen molar-refractivity contribution < 1.29 is 14.3 Å². The van der Waals surface area contributed by atoms with E-state index in [2.05, 4.69) is 31.2 Å². The van der Waals surface area contributed by atoms with E-state index in [0.717, 1.165) is 18.4 Å². The summed E-state index contributed by atoms with van der Waals surface area (Å²) in [6.07, 6.45) is 6.91. The Bertz CT molecular complexity index is 438. The number of methoxy groups -OCH3 is 1. The number of cyclic esters (lactones) is 1. The molecule has 2 unspecified atom stereocenters. The first-order valence-corrected chi connectivity index (χ1v) is 8.04. The maximum atomic E-state index is 12.0. The van der Waals surface area contributed by atoms with Crippen LogP contribution in [0.15, 0.2) is 24.3 Å². The lowest BCUT2D eigenvalue weighted by molar-refractivity contribution is -0.156. The van der Waals surface area contributed by atoms with Gasteiger partial charge in [-0.15, -0.1) is 0 Å². The number of aryl methyl sites for hydroxylation is 1. The molecular weight excluding hydrogens is 264 g/mol. The Morgan fingerprint density at radius 3 is 2.62 bits per heavy atom. The number of unbranched alkanes of at least 4 members (excludes halogenated alkanes) is 3. The fraction of sp³-hybridized carbons (Fsp3) is 0.611. The number of rotatable bonds is 7. The summed E-state index contributed by atoms with van der Waals surface area (Å²) >= 11 is 0. The molecule has 116 valence electrons. The van der Waals surface area contributed by atoms with E-state index in [1.807, 2.05) is 0 Å². The van der Waals surface area contributed by atoms with Crippen LogP contribution in [0.25, 0.3) is 0 Å². The number of ether oxygens (including phenoxy) is 2. The van der Waals surface area contributed by atoms with Crippen LogP contribution >= 0.6 is 0 Å². The van der Waals surface area contributed by atoms with Crippen molar-refractivity contribution in [3.8, 4) is 0 Å². The van der Waals surface area contributed by atoms with Gasteiger partial charge < -0.3 is 9.47 Å². The maximum absolute atomic E-state index is 12.0. The second kappa shape index (κ2) is 8.18. The van der Waals surface area contributed by atoms with Crippen LogP contribution in [0, 0.1) is 0 Å². The van der Waals surface area contributed by atoms with Gasteiger partial charge in [-0.1, -0.05) is 50.5 Å². The summed E-state index contributed by atoms with van der Waals surface area (Å²) in [7, 11) is 1.67. The quantitative estimate of drug-likeness (QED) is 0.565. The molecule has 0 aromatic heterocycles. The highest BCUT2D eigenvalue weighted by Gasteiger charge is 2.35. The minimum absolute atomic E-state index is 0.0679. The third-order valence-corrected chi connectivity index (χ3v) is 4.23. The van der Waals surface area contributed by atoms with Crippen LogP contribution in [-0.4, -0.2) is 25.8 Å². The molecule has 1 aromatic rings. The van der Waals surface area contributed by atoms with E-state index in [4.69, 9.17) is 9.47 Å². The highest BCUT2D eigenvalue weighted by molar-refractivity contribution is 5.79. The number of carbonyl (C=O) groups is 1. The van der Waals surface area contributed by atoms with E-state index in [0.29, 0.717) is 6.61 Å². The molecule has 0 radical (unpaired) electrons. The molecule has 0 saturated carbocycles. The molecule has 1 aliphatic heterocycles. The zero-order valence-corrected chi connectivity index (χ0v) is 13.1. The van der Waals surface area contributed by atoms with Crippen molar-refractivity contribution in [3.05, 3.63) is 35.4 Å². The fourth-order valence-corrected chi connectivity index (χ4v) is 2.94. The molecule has 2 atom stereocenters. The average Bonchev–Trinajstić information content (AvgIpc) is 2.52. The standard InChI is InChI=1S/C18H26O3/c1-3-4-5-6-7-14-8-10-15(11-9-14)17-16(20-2)12-13-21-18(17)19/h8-11,16-17H,3-7,12-13H2,1-2H3. The van der Waals surface area contributed by atoms with E-state index in [1.54, 1.807) is 7.11 Å². The molecule has 21 heavy (non-hydrogen) atoms. The largest absolute Gasteiger partial charge is 0.465 e. The summed E-state index contributed by atoms with van der Waals surface area (Å²) in [6.45, 7) is 2.69. The molecule has 3 heteroatoms. The molecule has 3 nitrogen and oxygen atoms in total. The van der Waals surface area contributed by atoms with Crippen LogP contribution in [0.4, 0.5) is 0 Å². The van der Waals surface area contributed by atoms with Crippen LogP contribution < -0.4 is 0 Å². The zero-order chi connectivity index (χ0) is 15.1. The van der Waals surface area contributed by atoms with E-state index >= 15 is 0 Å². The highest BCUT2D eigenvalue weighted by Crippen LogP contribution is 2.29. The van der Waals surface area contributed by atoms with Gasteiger partial charge in [-0.25, -0.2) is 0 Å². The first-order valence-electron chi connectivity index (χ1n) is 8.04. The zero-order valence-electron chi connectivity index (χ0n) is 13.1. The molecule has 1 aliphatic rings. The third kappa shape index (κ3) is 4.31. The van der Waals surface area contributed by atoms with Crippen molar-refractivity contribution in [1.82, 2.24) is 0 Å². The van der Waals surface area contributed by atoms with Crippen molar-refractivity contribution in [1.29, 1.82) is 0 Å². The Balaban J connectivity index is 1.98. The molecule has 0 amide bonds. The van der Waals surface area contributed by atoms with Crippen molar-refractivity contribution in [2.75, 3.05) is 13.7 Å². The van der Waals surface area contributed by atoms with Gasteiger partial charge >= 0.3 is 5.97 Å². The third-order valence-electron chi connectivity index (χ3n) is 4.23. The van der Waals surface area contributed by atoms with Crippen LogP contribution in [0.5, 0.6) is 0 Å². The summed E-state index contributed by atoms with van der Waals surface area (Å²) in [5, 5.41) is 0. The number of hydrogen-bond donors (Lipinski definition) is 0. The second-order valence-corrected chi connectivity index (χ2v) is 5.76. The van der Waals surface area contributed by atoms with E-state index in [9.17, 15) is 4.79 Å². The Labute approximate surface area is 127 Å². The minimum atomic E-state index is -0.280. The van der Waals surface area contributed by atoms with Gasteiger partial charge in [0.15, 0.2) is 0 Å². The molecular formula is C18H26O3. The van der Waals surface area contributed by atoms with Crippen LogP contribution in [-0.2, 0) is 20.7 Å². The molecule has 1 saturated heterocycles. The Hall–Kier alpha value is -1.35. The Morgan fingerprint density at radius 1 is 1.19 bits per heavy atom. The Kier molecular flexibility index (Phi) is 6.24. The van der Waals surface area contributed by atoms with Crippen LogP contribution in [0.2, 0.25) is 0 Å². The van der Waals surface area contributed by atoms with E-state index in [1.165, 1.54) is 31.2 Å². The van der Waals surface area contributed by atoms with Gasteiger partial charge in [0.2, 0.25) is 0 Å². The molecule has 0 N–H and O–H groups in total. The smallest absolute Gasteiger partial charge is 0.316 e. The lowest BCUT2D eigenvalue weighted by atomic mass is 9.89. The van der Waals surface area contributed by atoms with Gasteiger partial charge in [0.1, 0.15) is 5.92 Å². The van der Waals surface area contributed by atoms with E-state index < -0.39 is 0 Å². The summed E-state index contributed by atoms with van der Waals surface area (Å²) < 4.78 is 10.6. The van der Waals surface area contributed by atoms with Crippen molar-refractivity contribution in [2.45, 2.75) is 57.5 Å². The van der Waals surface area contributed by atoms with Gasteiger partial charge in [-0.2, -0.15) is 0 Å². The maximum Gasteiger partial charge on any atom is 0.316 e. The Morgan fingerprint density at radius 2 is 1.95 bits per heavy atom. The van der Waals surface area contributed by atoms with Gasteiger partial charge in [0.05, 0.1) is 12.7 Å². The number of carbonyl (C=O) groups excluding carboxylic acids is 1. The minimum Gasteiger partial charge on any atom is -0.465 e. The number of benzene rings is 1. The van der Waals surface area contributed by atoms with Crippen molar-refractivity contribution in [2.24, 2.45) is 0 Å². The number of esters is 1. The van der Waals surface area contributed by atoms with E-state index in [-0.39, 0.29) is 18.0 Å². The van der Waals surface area contributed by atoms with Gasteiger partial charge in [0.25, 0.3) is 0 Å². The van der Waals surface area contributed by atoms with Crippen LogP contribution in [0.3, 0.4) is 0 Å². The molecule has 0 aliphatic carbocycles. The topological polar surface area (TPSA) is 35.5 Å². The van der Waals surface area contributed by atoms with Crippen molar-refractivity contribution >= 4 is 5.97 Å². The lowest BCUT2D eigenvalue weighted by Crippen LogP contribution is -2.35. The SMILES string of the molecule is CCCCCCc1ccc(C2C(=O)OCCC2OC)cc1. The monoisotopic (exact) mass is 290 g/mol. The molecule has 0 spiro atoms.